The van der Waals surface area contributed by atoms with Crippen molar-refractivity contribution < 1.29 is 9.53 Å². The monoisotopic (exact) mass is 427 g/mol. The number of thiocarbonyl (C=S) groups is 1. The van der Waals surface area contributed by atoms with Gasteiger partial charge in [-0.05, 0) is 52.4 Å². The topological polar surface area (TPSA) is 29.5 Å². The molecule has 1 atom stereocenters. The minimum atomic E-state index is -0.0960. The van der Waals surface area contributed by atoms with Gasteiger partial charge in [0.25, 0.3) is 0 Å². The lowest BCUT2D eigenvalue weighted by molar-refractivity contribution is -0.126. The second kappa shape index (κ2) is 8.19. The number of nitrogens with zero attached hydrogens (tertiary/aromatic N) is 1. The van der Waals surface area contributed by atoms with E-state index in [1.54, 1.807) is 7.11 Å². The number of carbonyl (C=O) groups excluding carboxylic acids is 1. The Morgan fingerprint density at radius 2 is 2.12 bits per heavy atom. The molecule has 0 radical (unpaired) electrons. The van der Waals surface area contributed by atoms with E-state index in [0.29, 0.717) is 6.42 Å². The van der Waals surface area contributed by atoms with Gasteiger partial charge < -0.3 is 4.74 Å². The lowest BCUT2D eigenvalue weighted by Crippen LogP contribution is -2.33. The molecule has 1 aliphatic carbocycles. The summed E-state index contributed by atoms with van der Waals surface area (Å²) in [6.07, 6.45) is 7.09. The molecule has 1 saturated carbocycles. The zero-order valence-corrected chi connectivity index (χ0v) is 17.0. The molecular weight excluding hydrogens is 406 g/mol. The SMILES string of the molecule is COc1ccc(C[C@@H]2SC(=S)N(CCC3CCCC3)C2=O)cc1Br. The van der Waals surface area contributed by atoms with E-state index in [4.69, 9.17) is 17.0 Å². The van der Waals surface area contributed by atoms with Crippen LogP contribution in [0.1, 0.15) is 37.7 Å². The standard InChI is InChI=1S/C18H22BrNO2S2/c1-22-15-7-6-13(10-14(15)19)11-16-17(21)20(18(23)24-16)9-8-12-4-2-3-5-12/h6-7,10,12,16H,2-5,8-9,11H2,1H3/t16-/m0/s1. The van der Waals surface area contributed by atoms with Crippen molar-refractivity contribution in [3.05, 3.63) is 28.2 Å². The summed E-state index contributed by atoms with van der Waals surface area (Å²) in [7, 11) is 1.65. The van der Waals surface area contributed by atoms with E-state index in [9.17, 15) is 4.79 Å². The molecule has 0 spiro atoms. The van der Waals surface area contributed by atoms with E-state index in [1.807, 2.05) is 23.1 Å². The molecule has 130 valence electrons. The Morgan fingerprint density at radius 3 is 2.79 bits per heavy atom. The zero-order valence-electron chi connectivity index (χ0n) is 13.8. The second-order valence-electron chi connectivity index (χ2n) is 6.47. The van der Waals surface area contributed by atoms with Crippen LogP contribution in [-0.2, 0) is 11.2 Å². The van der Waals surface area contributed by atoms with Crippen molar-refractivity contribution >= 4 is 50.1 Å². The number of thioether (sulfide) groups is 1. The molecule has 0 aromatic heterocycles. The first-order valence-corrected chi connectivity index (χ1v) is 10.5. The van der Waals surface area contributed by atoms with E-state index in [0.717, 1.165) is 39.0 Å². The Morgan fingerprint density at radius 1 is 1.38 bits per heavy atom. The van der Waals surface area contributed by atoms with Crippen LogP contribution in [0.2, 0.25) is 0 Å². The molecule has 1 aromatic rings. The maximum atomic E-state index is 12.7. The lowest BCUT2D eigenvalue weighted by Gasteiger charge is -2.18. The van der Waals surface area contributed by atoms with Gasteiger partial charge in [0.15, 0.2) is 0 Å². The summed E-state index contributed by atoms with van der Waals surface area (Å²) in [5, 5.41) is -0.0960. The summed E-state index contributed by atoms with van der Waals surface area (Å²) in [6, 6.07) is 5.97. The minimum Gasteiger partial charge on any atom is -0.496 e. The number of rotatable bonds is 6. The quantitative estimate of drug-likeness (QED) is 0.609. The minimum absolute atomic E-state index is 0.0960. The van der Waals surface area contributed by atoms with Gasteiger partial charge in [0.05, 0.1) is 16.8 Å². The second-order valence-corrected chi connectivity index (χ2v) is 9.17. The van der Waals surface area contributed by atoms with Gasteiger partial charge in [-0.25, -0.2) is 0 Å². The molecule has 0 N–H and O–H groups in total. The number of carbonyl (C=O) groups is 1. The molecule has 1 aromatic carbocycles. The van der Waals surface area contributed by atoms with Crippen LogP contribution in [0.4, 0.5) is 0 Å². The van der Waals surface area contributed by atoms with Crippen LogP contribution in [0.3, 0.4) is 0 Å². The smallest absolute Gasteiger partial charge is 0.241 e. The summed E-state index contributed by atoms with van der Waals surface area (Å²) < 4.78 is 6.92. The Kier molecular flexibility index (Phi) is 6.22. The summed E-state index contributed by atoms with van der Waals surface area (Å²) in [6.45, 7) is 0.790. The summed E-state index contributed by atoms with van der Waals surface area (Å²) >= 11 is 10.5. The summed E-state index contributed by atoms with van der Waals surface area (Å²) in [5.74, 6) is 1.76. The Balaban J connectivity index is 1.59. The summed E-state index contributed by atoms with van der Waals surface area (Å²) in [5.41, 5.74) is 1.12. The number of ether oxygens (including phenoxy) is 1. The van der Waals surface area contributed by atoms with Crippen LogP contribution in [0.5, 0.6) is 5.75 Å². The summed E-state index contributed by atoms with van der Waals surface area (Å²) in [4.78, 5) is 14.5. The highest BCUT2D eigenvalue weighted by Crippen LogP contribution is 2.34. The predicted molar refractivity (Wildman–Crippen MR) is 107 cm³/mol. The van der Waals surface area contributed by atoms with Crippen molar-refractivity contribution in [3.63, 3.8) is 0 Å². The Labute approximate surface area is 161 Å². The first-order chi connectivity index (χ1) is 11.6. The van der Waals surface area contributed by atoms with Crippen molar-refractivity contribution in [2.24, 2.45) is 5.92 Å². The van der Waals surface area contributed by atoms with Crippen LogP contribution in [0.25, 0.3) is 0 Å². The van der Waals surface area contributed by atoms with Crippen LogP contribution in [-0.4, -0.2) is 34.0 Å². The third-order valence-electron chi connectivity index (χ3n) is 4.88. The average Bonchev–Trinajstić information content (AvgIpc) is 3.15. The third kappa shape index (κ3) is 4.14. The van der Waals surface area contributed by atoms with E-state index >= 15 is 0 Å². The average molecular weight is 428 g/mol. The highest BCUT2D eigenvalue weighted by atomic mass is 79.9. The number of amides is 1. The van der Waals surface area contributed by atoms with Crippen LogP contribution in [0, 0.1) is 5.92 Å². The number of methoxy groups -OCH3 is 1. The van der Waals surface area contributed by atoms with Crippen LogP contribution >= 0.6 is 39.9 Å². The predicted octanol–water partition coefficient (Wildman–Crippen LogP) is 4.81. The van der Waals surface area contributed by atoms with Gasteiger partial charge in [-0.1, -0.05) is 55.7 Å². The molecule has 1 aliphatic heterocycles. The van der Waals surface area contributed by atoms with E-state index in [-0.39, 0.29) is 11.2 Å². The molecule has 2 aliphatic rings. The van der Waals surface area contributed by atoms with Crippen molar-refractivity contribution in [1.29, 1.82) is 0 Å². The molecule has 3 rings (SSSR count). The fraction of sp³-hybridized carbons (Fsp3) is 0.556. The van der Waals surface area contributed by atoms with E-state index in [2.05, 4.69) is 15.9 Å². The number of hydrogen-bond acceptors (Lipinski definition) is 4. The first-order valence-electron chi connectivity index (χ1n) is 8.43. The normalized spacial score (nSPS) is 21.8. The molecule has 1 saturated heterocycles. The fourth-order valence-electron chi connectivity index (χ4n) is 3.49. The molecule has 0 bridgehead atoms. The van der Waals surface area contributed by atoms with Gasteiger partial charge >= 0.3 is 0 Å². The van der Waals surface area contributed by atoms with Crippen LogP contribution in [0.15, 0.2) is 22.7 Å². The van der Waals surface area contributed by atoms with Gasteiger partial charge in [0.2, 0.25) is 5.91 Å². The Bertz CT molecular complexity index is 631. The van der Waals surface area contributed by atoms with Crippen LogP contribution < -0.4 is 4.74 Å². The van der Waals surface area contributed by atoms with Gasteiger partial charge in [0.1, 0.15) is 10.1 Å². The molecule has 1 heterocycles. The largest absolute Gasteiger partial charge is 0.496 e. The van der Waals surface area contributed by atoms with Crippen molar-refractivity contribution in [2.75, 3.05) is 13.7 Å². The van der Waals surface area contributed by atoms with Crippen molar-refractivity contribution in [3.8, 4) is 5.75 Å². The van der Waals surface area contributed by atoms with Gasteiger partial charge in [-0.15, -0.1) is 0 Å². The molecule has 6 heteroatoms. The highest BCUT2D eigenvalue weighted by molar-refractivity contribution is 9.10. The van der Waals surface area contributed by atoms with Crippen molar-refractivity contribution in [2.45, 2.75) is 43.8 Å². The number of benzene rings is 1. The van der Waals surface area contributed by atoms with Crippen molar-refractivity contribution in [1.82, 2.24) is 4.90 Å². The fourth-order valence-corrected chi connectivity index (χ4v) is 5.67. The molecular formula is C18H22BrNO2S2. The molecule has 0 unspecified atom stereocenters. The molecule has 24 heavy (non-hydrogen) atoms. The van der Waals surface area contributed by atoms with E-state index < -0.39 is 0 Å². The lowest BCUT2D eigenvalue weighted by atomic mass is 10.0. The first kappa shape index (κ1) is 18.2. The maximum absolute atomic E-state index is 12.7. The molecule has 3 nitrogen and oxygen atoms in total. The van der Waals surface area contributed by atoms with Gasteiger partial charge in [-0.2, -0.15) is 0 Å². The number of hydrogen-bond donors (Lipinski definition) is 0. The maximum Gasteiger partial charge on any atom is 0.241 e. The van der Waals surface area contributed by atoms with Gasteiger partial charge in [-0.3, -0.25) is 9.69 Å². The zero-order chi connectivity index (χ0) is 17.1. The number of halogens is 1. The Hall–Kier alpha value is -0.590. The third-order valence-corrected chi connectivity index (χ3v) is 7.08. The molecule has 2 fully saturated rings. The van der Waals surface area contributed by atoms with Gasteiger partial charge in [0, 0.05) is 6.54 Å². The highest BCUT2D eigenvalue weighted by Gasteiger charge is 2.37. The van der Waals surface area contributed by atoms with E-state index in [1.165, 1.54) is 37.4 Å². The molecule has 1 amide bonds.